The van der Waals surface area contributed by atoms with Crippen LogP contribution in [-0.4, -0.2) is 21.3 Å². The molecule has 4 heteroatoms. The second-order valence-corrected chi connectivity index (χ2v) is 4.42. The minimum Gasteiger partial charge on any atom is -0.329 e. The first-order valence-corrected chi connectivity index (χ1v) is 5.97. The number of rotatable bonds is 5. The Morgan fingerprint density at radius 2 is 2.20 bits per heavy atom. The van der Waals surface area contributed by atoms with Crippen molar-refractivity contribution in [2.45, 2.75) is 45.1 Å². The van der Waals surface area contributed by atoms with E-state index in [1.54, 1.807) is 6.33 Å². The van der Waals surface area contributed by atoms with Crippen molar-refractivity contribution in [2.75, 3.05) is 6.54 Å². The van der Waals surface area contributed by atoms with Gasteiger partial charge in [0, 0.05) is 19.5 Å². The van der Waals surface area contributed by atoms with Gasteiger partial charge in [-0.25, -0.2) is 0 Å². The van der Waals surface area contributed by atoms with Crippen LogP contribution in [-0.2, 0) is 13.0 Å². The summed E-state index contributed by atoms with van der Waals surface area (Å²) in [5.74, 6) is 2.03. The van der Waals surface area contributed by atoms with Gasteiger partial charge < -0.3 is 10.3 Å². The topological polar surface area (TPSA) is 56.7 Å². The molecule has 4 nitrogen and oxygen atoms in total. The molecule has 0 unspecified atom stereocenters. The largest absolute Gasteiger partial charge is 0.329 e. The third kappa shape index (κ3) is 2.78. The molecule has 1 saturated carbocycles. The first kappa shape index (κ1) is 10.6. The van der Waals surface area contributed by atoms with Crippen LogP contribution in [0.2, 0.25) is 0 Å². The first-order chi connectivity index (χ1) is 7.40. The van der Waals surface area contributed by atoms with Gasteiger partial charge >= 0.3 is 0 Å². The van der Waals surface area contributed by atoms with Crippen molar-refractivity contribution in [3.05, 3.63) is 12.2 Å². The molecule has 0 spiro atoms. The number of hydrogen-bond donors (Lipinski definition) is 1. The molecule has 0 aliphatic heterocycles. The predicted molar refractivity (Wildman–Crippen MR) is 59.4 cm³/mol. The molecule has 0 saturated heterocycles. The molecule has 84 valence electrons. The lowest BCUT2D eigenvalue weighted by Gasteiger charge is -2.08. The summed E-state index contributed by atoms with van der Waals surface area (Å²) in [5, 5.41) is 8.10. The summed E-state index contributed by atoms with van der Waals surface area (Å²) in [4.78, 5) is 0. The molecule has 0 radical (unpaired) electrons. The molecular formula is C11H20N4. The maximum atomic E-state index is 5.53. The van der Waals surface area contributed by atoms with Crippen LogP contribution < -0.4 is 5.73 Å². The lowest BCUT2D eigenvalue weighted by Crippen LogP contribution is -2.12. The van der Waals surface area contributed by atoms with Crippen molar-refractivity contribution < 1.29 is 0 Å². The van der Waals surface area contributed by atoms with Crippen LogP contribution in [0.15, 0.2) is 6.33 Å². The maximum Gasteiger partial charge on any atom is 0.132 e. The van der Waals surface area contributed by atoms with Gasteiger partial charge in [0.15, 0.2) is 0 Å². The Hall–Kier alpha value is -0.900. The Morgan fingerprint density at radius 1 is 1.40 bits per heavy atom. The third-order valence-corrected chi connectivity index (χ3v) is 3.32. The van der Waals surface area contributed by atoms with Gasteiger partial charge in [-0.1, -0.05) is 25.7 Å². The first-order valence-electron chi connectivity index (χ1n) is 5.97. The molecule has 1 aliphatic rings. The smallest absolute Gasteiger partial charge is 0.132 e. The van der Waals surface area contributed by atoms with Crippen LogP contribution in [0, 0.1) is 5.92 Å². The maximum absolute atomic E-state index is 5.53. The average molecular weight is 208 g/mol. The molecule has 1 heterocycles. The van der Waals surface area contributed by atoms with Crippen molar-refractivity contribution in [2.24, 2.45) is 11.7 Å². The zero-order valence-corrected chi connectivity index (χ0v) is 9.23. The average Bonchev–Trinajstić information content (AvgIpc) is 2.85. The van der Waals surface area contributed by atoms with Crippen molar-refractivity contribution in [3.63, 3.8) is 0 Å². The summed E-state index contributed by atoms with van der Waals surface area (Å²) >= 11 is 0. The van der Waals surface area contributed by atoms with Crippen LogP contribution in [0.3, 0.4) is 0 Å². The molecule has 2 N–H and O–H groups in total. The van der Waals surface area contributed by atoms with E-state index in [9.17, 15) is 0 Å². The van der Waals surface area contributed by atoms with Gasteiger partial charge in [-0.05, 0) is 12.3 Å². The van der Waals surface area contributed by atoms with Crippen molar-refractivity contribution in [3.8, 4) is 0 Å². The number of nitrogens with two attached hydrogens (primary N) is 1. The molecule has 15 heavy (non-hydrogen) atoms. The van der Waals surface area contributed by atoms with Crippen molar-refractivity contribution in [1.29, 1.82) is 0 Å². The number of aromatic nitrogens is 3. The number of hydrogen-bond acceptors (Lipinski definition) is 3. The van der Waals surface area contributed by atoms with Crippen LogP contribution in [0.1, 0.15) is 37.9 Å². The molecule has 0 atom stereocenters. The normalized spacial score (nSPS) is 17.4. The molecule has 2 rings (SSSR count). The fourth-order valence-electron chi connectivity index (χ4n) is 2.43. The highest BCUT2D eigenvalue weighted by Gasteiger charge is 2.15. The van der Waals surface area contributed by atoms with Crippen LogP contribution in [0.5, 0.6) is 0 Å². The molecule has 0 bridgehead atoms. The quantitative estimate of drug-likeness (QED) is 0.795. The summed E-state index contributed by atoms with van der Waals surface area (Å²) in [5.41, 5.74) is 5.53. The highest BCUT2D eigenvalue weighted by atomic mass is 15.3. The van der Waals surface area contributed by atoms with E-state index in [2.05, 4.69) is 14.8 Å². The molecule has 1 fully saturated rings. The Kier molecular flexibility index (Phi) is 3.72. The Bertz CT molecular complexity index is 289. The molecule has 1 aromatic rings. The summed E-state index contributed by atoms with van der Waals surface area (Å²) in [6.45, 7) is 1.50. The summed E-state index contributed by atoms with van der Waals surface area (Å²) in [6, 6.07) is 0. The minimum absolute atomic E-state index is 0.661. The molecule has 0 aromatic carbocycles. The zero-order valence-electron chi connectivity index (χ0n) is 9.23. The molecular weight excluding hydrogens is 188 g/mol. The highest BCUT2D eigenvalue weighted by Crippen LogP contribution is 2.28. The SMILES string of the molecule is NCCn1cnnc1CCC1CCCC1. The summed E-state index contributed by atoms with van der Waals surface area (Å²) in [6.07, 6.45) is 9.77. The van der Waals surface area contributed by atoms with E-state index in [1.807, 2.05) is 0 Å². The lowest BCUT2D eigenvalue weighted by atomic mass is 10.0. The fourth-order valence-corrected chi connectivity index (χ4v) is 2.43. The van der Waals surface area contributed by atoms with E-state index >= 15 is 0 Å². The van der Waals surface area contributed by atoms with E-state index < -0.39 is 0 Å². The van der Waals surface area contributed by atoms with Crippen molar-refractivity contribution >= 4 is 0 Å². The van der Waals surface area contributed by atoms with E-state index in [-0.39, 0.29) is 0 Å². The Balaban J connectivity index is 1.83. The van der Waals surface area contributed by atoms with Gasteiger partial charge in [-0.2, -0.15) is 0 Å². The molecule has 0 amide bonds. The van der Waals surface area contributed by atoms with Crippen molar-refractivity contribution in [1.82, 2.24) is 14.8 Å². The highest BCUT2D eigenvalue weighted by molar-refractivity contribution is 4.87. The summed E-state index contributed by atoms with van der Waals surface area (Å²) < 4.78 is 2.08. The number of nitrogens with zero attached hydrogens (tertiary/aromatic N) is 3. The van der Waals surface area contributed by atoms with Gasteiger partial charge in [-0.15, -0.1) is 10.2 Å². The Morgan fingerprint density at radius 3 is 2.93 bits per heavy atom. The van der Waals surface area contributed by atoms with Gasteiger partial charge in [0.25, 0.3) is 0 Å². The zero-order chi connectivity index (χ0) is 10.5. The van der Waals surface area contributed by atoms with Gasteiger partial charge in [-0.3, -0.25) is 0 Å². The minimum atomic E-state index is 0.661. The monoisotopic (exact) mass is 208 g/mol. The van der Waals surface area contributed by atoms with Gasteiger partial charge in [0.05, 0.1) is 0 Å². The van der Waals surface area contributed by atoms with Gasteiger partial charge in [0.1, 0.15) is 12.2 Å². The second kappa shape index (κ2) is 5.26. The molecule has 1 aliphatic carbocycles. The number of aryl methyl sites for hydroxylation is 1. The Labute approximate surface area is 90.9 Å². The van der Waals surface area contributed by atoms with Crippen LogP contribution in [0.25, 0.3) is 0 Å². The standard InChI is InChI=1S/C11H20N4/c12-7-8-15-9-13-14-11(15)6-5-10-3-1-2-4-10/h9-10H,1-8,12H2. The predicted octanol–water partition coefficient (Wildman–Crippen LogP) is 1.36. The fraction of sp³-hybridized carbons (Fsp3) is 0.818. The summed E-state index contributed by atoms with van der Waals surface area (Å²) in [7, 11) is 0. The van der Waals surface area contributed by atoms with E-state index in [0.717, 1.165) is 24.7 Å². The van der Waals surface area contributed by atoms with E-state index in [0.29, 0.717) is 6.54 Å². The second-order valence-electron chi connectivity index (χ2n) is 4.42. The lowest BCUT2D eigenvalue weighted by molar-refractivity contribution is 0.488. The van der Waals surface area contributed by atoms with Gasteiger partial charge in [0.2, 0.25) is 0 Å². The van der Waals surface area contributed by atoms with Crippen LogP contribution in [0.4, 0.5) is 0 Å². The van der Waals surface area contributed by atoms with Crippen LogP contribution >= 0.6 is 0 Å². The molecule has 1 aromatic heterocycles. The van der Waals surface area contributed by atoms with E-state index in [1.165, 1.54) is 32.1 Å². The van der Waals surface area contributed by atoms with E-state index in [4.69, 9.17) is 5.73 Å². The third-order valence-electron chi connectivity index (χ3n) is 3.32.